The molecule has 1 heterocycles. The van der Waals surface area contributed by atoms with Crippen molar-refractivity contribution in [2.24, 2.45) is 0 Å². The van der Waals surface area contributed by atoms with Gasteiger partial charge in [0.15, 0.2) is 0 Å². The number of aromatic nitrogens is 1. The third-order valence-electron chi connectivity index (χ3n) is 4.75. The van der Waals surface area contributed by atoms with Crippen molar-refractivity contribution in [2.45, 2.75) is 13.1 Å². The number of hydrogen-bond donors (Lipinski definition) is 1. The first-order valence-corrected chi connectivity index (χ1v) is 11.1. The van der Waals surface area contributed by atoms with E-state index in [-0.39, 0.29) is 10.4 Å². The van der Waals surface area contributed by atoms with E-state index in [1.165, 1.54) is 12.1 Å². The first-order chi connectivity index (χ1) is 14.8. The molecule has 1 amide bonds. The number of pyridine rings is 1. The second kappa shape index (κ2) is 8.53. The molecule has 0 saturated heterocycles. The van der Waals surface area contributed by atoms with Gasteiger partial charge in [-0.2, -0.15) is 0 Å². The van der Waals surface area contributed by atoms with E-state index in [1.807, 2.05) is 24.3 Å². The quantitative estimate of drug-likeness (QED) is 0.434. The third kappa shape index (κ3) is 4.48. The number of aryl methyl sites for hydroxylation is 1. The minimum absolute atomic E-state index is 0.189. The Bertz CT molecular complexity index is 1270. The molecule has 1 N–H and O–H groups in total. The van der Waals surface area contributed by atoms with E-state index in [1.54, 1.807) is 43.5 Å². The molecule has 0 saturated carbocycles. The topological polar surface area (TPSA) is 42.0 Å². The Hall–Kier alpha value is -3.15. The number of anilines is 1. The molecule has 3 nitrogen and oxygen atoms in total. The number of nitrogens with one attached hydrogen (secondary N) is 1. The van der Waals surface area contributed by atoms with Crippen LogP contribution >= 0.6 is 0 Å². The second-order valence-corrected chi connectivity index (χ2v) is 9.15. The van der Waals surface area contributed by atoms with Crippen molar-refractivity contribution in [1.82, 2.24) is 4.98 Å². The van der Waals surface area contributed by atoms with Gasteiger partial charge in [0.1, 0.15) is 0 Å². The van der Waals surface area contributed by atoms with Gasteiger partial charge in [-0.25, -0.2) is 0 Å². The van der Waals surface area contributed by atoms with E-state index < -0.39 is 26.7 Å². The van der Waals surface area contributed by atoms with Gasteiger partial charge in [-0.15, -0.1) is 0 Å². The summed E-state index contributed by atoms with van der Waals surface area (Å²) in [6.07, 6.45) is -2.80. The number of amides is 1. The predicted molar refractivity (Wildman–Crippen MR) is 117 cm³/mol. The molecular formula is C24H17F3N2OSe. The molecule has 0 unspecified atom stereocenters. The zero-order valence-corrected chi connectivity index (χ0v) is 18.1. The van der Waals surface area contributed by atoms with Gasteiger partial charge in [-0.05, 0) is 0 Å². The van der Waals surface area contributed by atoms with Gasteiger partial charge >= 0.3 is 183 Å². The molecule has 4 aromatic rings. The molecule has 7 heteroatoms. The molecule has 0 aliphatic heterocycles. The average molecular weight is 485 g/mol. The summed E-state index contributed by atoms with van der Waals surface area (Å²) < 4.78 is 41.1. The van der Waals surface area contributed by atoms with Crippen molar-refractivity contribution in [3.63, 3.8) is 0 Å². The summed E-state index contributed by atoms with van der Waals surface area (Å²) in [5.41, 5.74) is 1.64. The van der Waals surface area contributed by atoms with Crippen LogP contribution in [-0.4, -0.2) is 25.8 Å². The van der Waals surface area contributed by atoms with Crippen molar-refractivity contribution in [3.8, 4) is 0 Å². The second-order valence-electron chi connectivity index (χ2n) is 6.88. The fraction of sp³-hybridized carbons (Fsp3) is 0.0833. The normalized spacial score (nSPS) is 11.5. The molecule has 0 fully saturated rings. The van der Waals surface area contributed by atoms with Crippen LogP contribution < -0.4 is 14.2 Å². The maximum atomic E-state index is 13.4. The summed E-state index contributed by atoms with van der Waals surface area (Å²) in [5.74, 6) is -0.363. The molecule has 4 rings (SSSR count). The zero-order valence-electron chi connectivity index (χ0n) is 16.4. The number of halogens is 3. The van der Waals surface area contributed by atoms with Crippen LogP contribution in [0.2, 0.25) is 0 Å². The van der Waals surface area contributed by atoms with Crippen LogP contribution in [-0.2, 0) is 6.18 Å². The molecule has 0 atom stereocenters. The fourth-order valence-corrected chi connectivity index (χ4v) is 5.79. The summed E-state index contributed by atoms with van der Waals surface area (Å²) in [5, 5.41) is 3.78. The Morgan fingerprint density at radius 3 is 2.42 bits per heavy atom. The van der Waals surface area contributed by atoms with Gasteiger partial charge in [0.25, 0.3) is 0 Å². The van der Waals surface area contributed by atoms with Crippen LogP contribution in [0.1, 0.15) is 21.5 Å². The molecule has 0 aliphatic carbocycles. The molecule has 3 aromatic carbocycles. The van der Waals surface area contributed by atoms with Crippen LogP contribution in [0, 0.1) is 6.92 Å². The van der Waals surface area contributed by atoms with E-state index >= 15 is 0 Å². The molecular weight excluding hydrogens is 468 g/mol. The van der Waals surface area contributed by atoms with Gasteiger partial charge in [0, 0.05) is 0 Å². The number of hydrogen-bond acceptors (Lipinski definition) is 2. The summed E-state index contributed by atoms with van der Waals surface area (Å²) in [6.45, 7) is 1.78. The summed E-state index contributed by atoms with van der Waals surface area (Å²) in [4.78, 5) is 17.6. The average Bonchev–Trinajstić information content (AvgIpc) is 2.74. The molecule has 0 radical (unpaired) electrons. The number of nitrogens with zero attached hydrogens (tertiary/aromatic N) is 1. The summed E-state index contributed by atoms with van der Waals surface area (Å²) >= 11 is -0.707. The van der Waals surface area contributed by atoms with Gasteiger partial charge in [-0.1, -0.05) is 0 Å². The van der Waals surface area contributed by atoms with Crippen LogP contribution in [0.5, 0.6) is 0 Å². The van der Waals surface area contributed by atoms with Crippen LogP contribution in [0.4, 0.5) is 18.9 Å². The van der Waals surface area contributed by atoms with Gasteiger partial charge in [0.2, 0.25) is 0 Å². The van der Waals surface area contributed by atoms with Crippen LogP contribution in [0.25, 0.3) is 10.9 Å². The fourth-order valence-electron chi connectivity index (χ4n) is 3.32. The molecule has 1 aromatic heterocycles. The van der Waals surface area contributed by atoms with E-state index in [0.29, 0.717) is 26.8 Å². The van der Waals surface area contributed by atoms with Crippen molar-refractivity contribution in [3.05, 3.63) is 95.7 Å². The number of rotatable bonds is 4. The Labute approximate surface area is 183 Å². The molecule has 156 valence electrons. The van der Waals surface area contributed by atoms with Crippen LogP contribution in [0.15, 0.2) is 79.0 Å². The molecule has 0 spiro atoms. The monoisotopic (exact) mass is 486 g/mol. The third-order valence-corrected chi connectivity index (χ3v) is 7.14. The van der Waals surface area contributed by atoms with Gasteiger partial charge < -0.3 is 0 Å². The molecule has 0 bridgehead atoms. The minimum atomic E-state index is -4.45. The van der Waals surface area contributed by atoms with E-state index in [4.69, 9.17) is 0 Å². The number of para-hydroxylation sites is 1. The number of carbonyl (C=O) groups excluding carboxylic acids is 1. The Morgan fingerprint density at radius 2 is 1.61 bits per heavy atom. The standard InChI is InChI=1S/C24H17F3N2OSe/c1-15-7-4-13-20(31-19-12-3-2-10-17(19)24(25,26)27)21(15)23(30)29-18-11-5-8-16-9-6-14-28-22(16)18/h2-14H,1H3,(H,29,30). The Kier molecular flexibility index (Phi) is 5.81. The van der Waals surface area contributed by atoms with E-state index in [9.17, 15) is 18.0 Å². The Balaban J connectivity index is 1.72. The summed E-state index contributed by atoms with van der Waals surface area (Å²) in [7, 11) is 0. The zero-order chi connectivity index (χ0) is 22.0. The van der Waals surface area contributed by atoms with Crippen molar-refractivity contribution in [2.75, 3.05) is 5.32 Å². The first-order valence-electron chi connectivity index (χ1n) is 9.43. The number of fused-ring (bicyclic) bond motifs is 1. The van der Waals surface area contributed by atoms with Gasteiger partial charge in [0.05, 0.1) is 0 Å². The number of alkyl halides is 3. The Morgan fingerprint density at radius 1 is 0.903 bits per heavy atom. The van der Waals surface area contributed by atoms with E-state index in [0.717, 1.165) is 11.5 Å². The number of benzene rings is 3. The van der Waals surface area contributed by atoms with Crippen molar-refractivity contribution < 1.29 is 18.0 Å². The number of carbonyl (C=O) groups is 1. The van der Waals surface area contributed by atoms with Gasteiger partial charge in [-0.3, -0.25) is 0 Å². The van der Waals surface area contributed by atoms with Crippen molar-refractivity contribution >= 4 is 46.4 Å². The first kappa shape index (κ1) is 21.1. The van der Waals surface area contributed by atoms with Crippen molar-refractivity contribution in [1.29, 1.82) is 0 Å². The molecule has 31 heavy (non-hydrogen) atoms. The summed E-state index contributed by atoms with van der Waals surface area (Å²) in [6, 6.07) is 20.0. The van der Waals surface area contributed by atoms with E-state index in [2.05, 4.69) is 10.3 Å². The SMILES string of the molecule is Cc1cccc([Se]c2ccccc2C(F)(F)F)c1C(=O)Nc1cccc2cccnc12. The molecule has 0 aliphatic rings. The predicted octanol–water partition coefficient (Wildman–Crippen LogP) is 4.47. The van der Waals surface area contributed by atoms with Crippen LogP contribution in [0.3, 0.4) is 0 Å². The maximum absolute atomic E-state index is 13.4.